The number of hydrogen-bond acceptors (Lipinski definition) is 4. The summed E-state index contributed by atoms with van der Waals surface area (Å²) in [5, 5.41) is 7.64. The molecule has 0 aliphatic rings. The van der Waals surface area contributed by atoms with Crippen molar-refractivity contribution in [3.8, 4) is 22.7 Å². The average molecular weight is 517 g/mol. The molecular formula is C32H28N4O3. The Balaban J connectivity index is 1.53. The minimum atomic E-state index is -0.556. The van der Waals surface area contributed by atoms with E-state index in [1.807, 2.05) is 91.0 Å². The van der Waals surface area contributed by atoms with Crippen molar-refractivity contribution in [2.24, 2.45) is 5.10 Å². The summed E-state index contributed by atoms with van der Waals surface area (Å²) in [6.07, 6.45) is 0. The van der Waals surface area contributed by atoms with E-state index in [1.165, 1.54) is 4.68 Å². The van der Waals surface area contributed by atoms with E-state index in [2.05, 4.69) is 15.6 Å². The maximum absolute atomic E-state index is 13.7. The van der Waals surface area contributed by atoms with Gasteiger partial charge >= 0.3 is 0 Å². The minimum Gasteiger partial charge on any atom is -0.497 e. The zero-order valence-electron chi connectivity index (χ0n) is 21.7. The van der Waals surface area contributed by atoms with E-state index in [0.29, 0.717) is 28.4 Å². The number of ether oxygens (including phenoxy) is 1. The molecule has 0 unspecified atom stereocenters. The number of nitrogens with one attached hydrogen (secondary N) is 2. The van der Waals surface area contributed by atoms with Crippen molar-refractivity contribution in [1.82, 2.24) is 15.2 Å². The molecule has 0 aliphatic carbocycles. The molecule has 7 heteroatoms. The molecule has 1 heterocycles. The Kier molecular flexibility index (Phi) is 7.50. The zero-order valence-corrected chi connectivity index (χ0v) is 21.7. The molecule has 1 aromatic heterocycles. The van der Waals surface area contributed by atoms with Crippen molar-refractivity contribution in [1.29, 1.82) is 0 Å². The van der Waals surface area contributed by atoms with Gasteiger partial charge in [-0.15, -0.1) is 0 Å². The van der Waals surface area contributed by atoms with Crippen LogP contribution < -0.4 is 15.7 Å². The molecule has 0 saturated carbocycles. The topological polar surface area (TPSA) is 88.5 Å². The highest BCUT2D eigenvalue weighted by molar-refractivity contribution is 6.04. The fourth-order valence-corrected chi connectivity index (χ4v) is 4.55. The Morgan fingerprint density at radius 2 is 1.36 bits per heavy atom. The van der Waals surface area contributed by atoms with E-state index in [4.69, 9.17) is 4.74 Å². The summed E-state index contributed by atoms with van der Waals surface area (Å²) >= 11 is 0. The van der Waals surface area contributed by atoms with Crippen LogP contribution in [0.5, 0.6) is 5.75 Å². The molecule has 194 valence electrons. The monoisotopic (exact) mass is 516 g/mol. The Bertz CT molecular complexity index is 1600. The van der Waals surface area contributed by atoms with Crippen LogP contribution in [0.1, 0.15) is 29.5 Å². The van der Waals surface area contributed by atoms with Crippen molar-refractivity contribution in [2.45, 2.75) is 12.8 Å². The van der Waals surface area contributed by atoms with Crippen LogP contribution in [0.2, 0.25) is 0 Å². The number of nitrogens with zero attached hydrogens (tertiary/aromatic N) is 2. The van der Waals surface area contributed by atoms with Crippen molar-refractivity contribution < 1.29 is 9.53 Å². The number of benzene rings is 4. The molecule has 1 amide bonds. The maximum atomic E-state index is 13.7. The van der Waals surface area contributed by atoms with Crippen LogP contribution >= 0.6 is 0 Å². The quantitative estimate of drug-likeness (QED) is 0.210. The Labute approximate surface area is 226 Å². The van der Waals surface area contributed by atoms with E-state index in [1.54, 1.807) is 38.3 Å². The number of hydrazone groups is 1. The van der Waals surface area contributed by atoms with Crippen LogP contribution in [0.3, 0.4) is 0 Å². The third kappa shape index (κ3) is 5.43. The number of H-pyrrole nitrogens is 1. The summed E-state index contributed by atoms with van der Waals surface area (Å²) < 4.78 is 6.72. The molecule has 0 saturated heterocycles. The van der Waals surface area contributed by atoms with Gasteiger partial charge in [0.1, 0.15) is 5.75 Å². The first-order valence-electron chi connectivity index (χ1n) is 12.6. The highest BCUT2D eigenvalue weighted by atomic mass is 16.5. The number of amides is 1. The molecule has 5 rings (SSSR count). The number of aromatic amines is 1. The van der Waals surface area contributed by atoms with Crippen LogP contribution in [0, 0.1) is 0 Å². The van der Waals surface area contributed by atoms with Gasteiger partial charge < -0.3 is 4.74 Å². The maximum Gasteiger partial charge on any atom is 0.281 e. The van der Waals surface area contributed by atoms with Crippen molar-refractivity contribution in [3.63, 3.8) is 0 Å². The molecule has 7 nitrogen and oxygen atoms in total. The fourth-order valence-electron chi connectivity index (χ4n) is 4.55. The van der Waals surface area contributed by atoms with Crippen LogP contribution in [0.25, 0.3) is 16.9 Å². The van der Waals surface area contributed by atoms with Crippen molar-refractivity contribution in [2.75, 3.05) is 7.11 Å². The predicted molar refractivity (Wildman–Crippen MR) is 153 cm³/mol. The average Bonchev–Trinajstić information content (AvgIpc) is 3.34. The van der Waals surface area contributed by atoms with Gasteiger partial charge in [0.05, 0.1) is 35.7 Å². The second kappa shape index (κ2) is 11.5. The van der Waals surface area contributed by atoms with E-state index in [9.17, 15) is 9.59 Å². The summed E-state index contributed by atoms with van der Waals surface area (Å²) in [7, 11) is 1.59. The van der Waals surface area contributed by atoms with Gasteiger partial charge in [-0.3, -0.25) is 14.7 Å². The summed E-state index contributed by atoms with van der Waals surface area (Å²) in [5.74, 6) is -0.160. The van der Waals surface area contributed by atoms with Crippen molar-refractivity contribution >= 4 is 11.6 Å². The van der Waals surface area contributed by atoms with Gasteiger partial charge in [0.15, 0.2) is 0 Å². The molecule has 0 bridgehead atoms. The molecule has 5 aromatic rings. The van der Waals surface area contributed by atoms with E-state index < -0.39 is 5.92 Å². The number of hydrogen-bond donors (Lipinski definition) is 2. The molecule has 4 aromatic carbocycles. The van der Waals surface area contributed by atoms with Gasteiger partial charge in [0, 0.05) is 5.56 Å². The van der Waals surface area contributed by atoms with Gasteiger partial charge in [-0.1, -0.05) is 91.0 Å². The lowest BCUT2D eigenvalue weighted by Crippen LogP contribution is -2.28. The first-order chi connectivity index (χ1) is 19.1. The third-order valence-corrected chi connectivity index (χ3v) is 6.51. The van der Waals surface area contributed by atoms with Gasteiger partial charge in [-0.25, -0.2) is 10.1 Å². The standard InChI is InChI=1S/C32H28N4O3/c1-22(33-34-31(37)29(23-12-6-3-7-13-23)24-14-8-4-9-15-24)28-30(25-16-10-5-11-17-25)35-36(32(28)38)26-18-20-27(39-2)21-19-26/h3-21,29,35H,1-2H3,(H,34,37). The highest BCUT2D eigenvalue weighted by Gasteiger charge is 2.24. The summed E-state index contributed by atoms with van der Waals surface area (Å²) in [5.41, 5.74) is 6.97. The van der Waals surface area contributed by atoms with Gasteiger partial charge in [0.25, 0.3) is 11.5 Å². The number of methoxy groups -OCH3 is 1. The SMILES string of the molecule is COc1ccc(-n2[nH]c(-c3ccccc3)c(C(C)=NNC(=O)C(c3ccccc3)c3ccccc3)c2=O)cc1. The Hall–Kier alpha value is -5.17. The smallest absolute Gasteiger partial charge is 0.281 e. The third-order valence-electron chi connectivity index (χ3n) is 6.51. The van der Waals surface area contributed by atoms with Crippen LogP contribution in [-0.4, -0.2) is 28.5 Å². The predicted octanol–water partition coefficient (Wildman–Crippen LogP) is 5.51. The highest BCUT2D eigenvalue weighted by Crippen LogP contribution is 2.25. The summed E-state index contributed by atoms with van der Waals surface area (Å²) in [4.78, 5) is 27.2. The second-order valence-electron chi connectivity index (χ2n) is 8.99. The normalized spacial score (nSPS) is 11.4. The summed E-state index contributed by atoms with van der Waals surface area (Å²) in [6, 6.07) is 35.8. The molecular weight excluding hydrogens is 488 g/mol. The van der Waals surface area contributed by atoms with E-state index in [0.717, 1.165) is 16.7 Å². The van der Waals surface area contributed by atoms with Crippen LogP contribution in [-0.2, 0) is 4.79 Å². The van der Waals surface area contributed by atoms with E-state index in [-0.39, 0.29) is 11.5 Å². The van der Waals surface area contributed by atoms with Crippen LogP contribution in [0.15, 0.2) is 125 Å². The molecule has 0 spiro atoms. The zero-order chi connectivity index (χ0) is 27.2. The van der Waals surface area contributed by atoms with Gasteiger partial charge in [-0.05, 0) is 42.3 Å². The molecule has 2 N–H and O–H groups in total. The van der Waals surface area contributed by atoms with Gasteiger partial charge in [-0.2, -0.15) is 5.10 Å². The minimum absolute atomic E-state index is 0.280. The first kappa shape index (κ1) is 25.5. The van der Waals surface area contributed by atoms with Crippen LogP contribution in [0.4, 0.5) is 0 Å². The number of carbonyl (C=O) groups excluding carboxylic acids is 1. The lowest BCUT2D eigenvalue weighted by atomic mass is 9.91. The number of rotatable bonds is 8. The molecule has 0 fully saturated rings. The molecule has 39 heavy (non-hydrogen) atoms. The Morgan fingerprint density at radius 3 is 1.90 bits per heavy atom. The molecule has 0 aliphatic heterocycles. The largest absolute Gasteiger partial charge is 0.497 e. The van der Waals surface area contributed by atoms with E-state index >= 15 is 0 Å². The second-order valence-corrected chi connectivity index (χ2v) is 8.99. The van der Waals surface area contributed by atoms with Gasteiger partial charge in [0.2, 0.25) is 0 Å². The first-order valence-corrected chi connectivity index (χ1v) is 12.6. The Morgan fingerprint density at radius 1 is 0.821 bits per heavy atom. The number of carbonyl (C=O) groups is 1. The molecule has 0 radical (unpaired) electrons. The lowest BCUT2D eigenvalue weighted by Gasteiger charge is -2.16. The summed E-state index contributed by atoms with van der Waals surface area (Å²) in [6.45, 7) is 1.72. The lowest BCUT2D eigenvalue weighted by molar-refractivity contribution is -0.121. The number of aromatic nitrogens is 2. The fraction of sp³-hybridized carbons (Fsp3) is 0.0938. The molecule has 0 atom stereocenters. The van der Waals surface area contributed by atoms with Crippen molar-refractivity contribution in [3.05, 3.63) is 142 Å².